The van der Waals surface area contributed by atoms with E-state index in [-0.39, 0.29) is 11.9 Å². The maximum absolute atomic E-state index is 11.0. The smallest absolute Gasteiger partial charge is 0.312 e. The lowest BCUT2D eigenvalue weighted by Gasteiger charge is -2.04. The van der Waals surface area contributed by atoms with Gasteiger partial charge in [0.15, 0.2) is 0 Å². The summed E-state index contributed by atoms with van der Waals surface area (Å²) in [6.07, 6.45) is 5.90. The van der Waals surface area contributed by atoms with Gasteiger partial charge in [0, 0.05) is 0 Å². The fourth-order valence-electron chi connectivity index (χ4n) is 1.08. The molecule has 2 heteroatoms. The highest BCUT2D eigenvalue weighted by Gasteiger charge is 2.18. The number of hydrogen-bond acceptors (Lipinski definition) is 2. The van der Waals surface area contributed by atoms with E-state index in [9.17, 15) is 4.79 Å². The number of esters is 1. The highest BCUT2D eigenvalue weighted by molar-refractivity contribution is 5.74. The molecule has 10 heavy (non-hydrogen) atoms. The van der Waals surface area contributed by atoms with Crippen LogP contribution < -0.4 is 0 Å². The quantitative estimate of drug-likeness (QED) is 0.429. The zero-order chi connectivity index (χ0) is 7.40. The number of carbonyl (C=O) groups is 1. The average Bonchev–Trinajstić information content (AvgIpc) is 2.38. The monoisotopic (exact) mass is 140 g/mol. The first-order chi connectivity index (χ1) is 4.84. The molecule has 56 valence electrons. The Labute approximate surface area is 60.9 Å². The second-order valence-corrected chi connectivity index (χ2v) is 2.36. The Morgan fingerprint density at radius 2 is 2.60 bits per heavy atom. The summed E-state index contributed by atoms with van der Waals surface area (Å²) in [6, 6.07) is 0. The van der Waals surface area contributed by atoms with Gasteiger partial charge in [-0.1, -0.05) is 12.2 Å². The second-order valence-electron chi connectivity index (χ2n) is 2.36. The molecule has 1 unspecified atom stereocenters. The van der Waals surface area contributed by atoms with E-state index in [1.165, 1.54) is 0 Å². The minimum atomic E-state index is -0.0729. The first kappa shape index (κ1) is 7.32. The number of rotatable bonds is 2. The Kier molecular flexibility index (Phi) is 2.49. The van der Waals surface area contributed by atoms with Crippen molar-refractivity contribution in [2.75, 3.05) is 6.61 Å². The summed E-state index contributed by atoms with van der Waals surface area (Å²) in [7, 11) is 0. The third kappa shape index (κ3) is 1.59. The van der Waals surface area contributed by atoms with Crippen LogP contribution >= 0.6 is 0 Å². The standard InChI is InChI=1S/C8H12O2/c1-2-10-8(9)7-5-3-4-6-7/h3,5,7H,2,4,6H2,1H3. The molecule has 1 rings (SSSR count). The van der Waals surface area contributed by atoms with Gasteiger partial charge in [0.25, 0.3) is 0 Å². The van der Waals surface area contributed by atoms with Crippen LogP contribution in [0.4, 0.5) is 0 Å². The number of carbonyl (C=O) groups excluding carboxylic acids is 1. The summed E-state index contributed by atoms with van der Waals surface area (Å²) >= 11 is 0. The Morgan fingerprint density at radius 3 is 3.10 bits per heavy atom. The first-order valence-electron chi connectivity index (χ1n) is 3.68. The molecule has 0 fully saturated rings. The lowest BCUT2D eigenvalue weighted by molar-refractivity contribution is -0.146. The Morgan fingerprint density at radius 1 is 1.80 bits per heavy atom. The van der Waals surface area contributed by atoms with E-state index in [0.717, 1.165) is 12.8 Å². The highest BCUT2D eigenvalue weighted by atomic mass is 16.5. The van der Waals surface area contributed by atoms with E-state index in [1.54, 1.807) is 0 Å². The number of hydrogen-bond donors (Lipinski definition) is 0. The van der Waals surface area contributed by atoms with Gasteiger partial charge in [0.05, 0.1) is 12.5 Å². The van der Waals surface area contributed by atoms with E-state index >= 15 is 0 Å². The van der Waals surface area contributed by atoms with Crippen LogP contribution in [0.1, 0.15) is 19.8 Å². The molecule has 2 nitrogen and oxygen atoms in total. The van der Waals surface area contributed by atoms with Crippen LogP contribution in [0.25, 0.3) is 0 Å². The Balaban J connectivity index is 2.33. The van der Waals surface area contributed by atoms with Gasteiger partial charge in [-0.2, -0.15) is 0 Å². The molecule has 0 bridgehead atoms. The molecule has 0 aromatic rings. The summed E-state index contributed by atoms with van der Waals surface area (Å²) in [5.41, 5.74) is 0. The van der Waals surface area contributed by atoms with E-state index < -0.39 is 0 Å². The van der Waals surface area contributed by atoms with Crippen LogP contribution in [0.3, 0.4) is 0 Å². The van der Waals surface area contributed by atoms with Crippen molar-refractivity contribution >= 4 is 5.97 Å². The fourth-order valence-corrected chi connectivity index (χ4v) is 1.08. The van der Waals surface area contributed by atoms with Crippen LogP contribution in [0.2, 0.25) is 0 Å². The maximum atomic E-state index is 11.0. The van der Waals surface area contributed by atoms with Gasteiger partial charge in [-0.3, -0.25) is 4.79 Å². The molecular weight excluding hydrogens is 128 g/mol. The van der Waals surface area contributed by atoms with Crippen molar-refractivity contribution in [1.82, 2.24) is 0 Å². The highest BCUT2D eigenvalue weighted by Crippen LogP contribution is 2.17. The van der Waals surface area contributed by atoms with Crippen LogP contribution in [-0.4, -0.2) is 12.6 Å². The summed E-state index contributed by atoms with van der Waals surface area (Å²) < 4.78 is 4.84. The Bertz CT molecular complexity index is 149. The predicted molar refractivity (Wildman–Crippen MR) is 38.5 cm³/mol. The third-order valence-electron chi connectivity index (χ3n) is 1.60. The lowest BCUT2D eigenvalue weighted by Crippen LogP contribution is -2.13. The summed E-state index contributed by atoms with van der Waals surface area (Å²) in [5.74, 6) is -0.0313. The van der Waals surface area contributed by atoms with Gasteiger partial charge in [0.2, 0.25) is 0 Å². The summed E-state index contributed by atoms with van der Waals surface area (Å²) in [4.78, 5) is 11.0. The molecule has 1 aliphatic carbocycles. The van der Waals surface area contributed by atoms with Gasteiger partial charge in [-0.05, 0) is 19.8 Å². The average molecular weight is 140 g/mol. The van der Waals surface area contributed by atoms with Crippen LogP contribution in [0.5, 0.6) is 0 Å². The van der Waals surface area contributed by atoms with Crippen molar-refractivity contribution < 1.29 is 9.53 Å². The van der Waals surface area contributed by atoms with Crippen molar-refractivity contribution in [3.05, 3.63) is 12.2 Å². The molecule has 1 atom stereocenters. The van der Waals surface area contributed by atoms with Crippen LogP contribution in [0, 0.1) is 5.92 Å². The molecule has 0 amide bonds. The number of allylic oxidation sites excluding steroid dienone is 1. The van der Waals surface area contributed by atoms with Crippen molar-refractivity contribution in [2.45, 2.75) is 19.8 Å². The molecule has 0 radical (unpaired) electrons. The van der Waals surface area contributed by atoms with Crippen LogP contribution in [-0.2, 0) is 9.53 Å². The molecule has 0 N–H and O–H groups in total. The molecule has 0 aliphatic heterocycles. The Hall–Kier alpha value is -0.790. The maximum Gasteiger partial charge on any atom is 0.312 e. The zero-order valence-electron chi connectivity index (χ0n) is 6.17. The van der Waals surface area contributed by atoms with Gasteiger partial charge in [-0.15, -0.1) is 0 Å². The van der Waals surface area contributed by atoms with E-state index in [1.807, 2.05) is 19.1 Å². The van der Waals surface area contributed by atoms with Crippen LogP contribution in [0.15, 0.2) is 12.2 Å². The number of ether oxygens (including phenoxy) is 1. The minimum absolute atomic E-state index is 0.0416. The fraction of sp³-hybridized carbons (Fsp3) is 0.625. The van der Waals surface area contributed by atoms with Crippen molar-refractivity contribution in [2.24, 2.45) is 5.92 Å². The normalized spacial score (nSPS) is 23.1. The predicted octanol–water partition coefficient (Wildman–Crippen LogP) is 1.52. The first-order valence-corrected chi connectivity index (χ1v) is 3.68. The van der Waals surface area contributed by atoms with Gasteiger partial charge in [-0.25, -0.2) is 0 Å². The van der Waals surface area contributed by atoms with Gasteiger partial charge >= 0.3 is 5.97 Å². The molecule has 0 saturated carbocycles. The van der Waals surface area contributed by atoms with E-state index in [0.29, 0.717) is 6.61 Å². The molecule has 0 heterocycles. The third-order valence-corrected chi connectivity index (χ3v) is 1.60. The largest absolute Gasteiger partial charge is 0.466 e. The van der Waals surface area contributed by atoms with E-state index in [4.69, 9.17) is 4.74 Å². The lowest BCUT2D eigenvalue weighted by atomic mass is 10.1. The summed E-state index contributed by atoms with van der Waals surface area (Å²) in [6.45, 7) is 2.32. The molecule has 1 aliphatic rings. The second kappa shape index (κ2) is 3.40. The minimum Gasteiger partial charge on any atom is -0.466 e. The van der Waals surface area contributed by atoms with Crippen molar-refractivity contribution in [1.29, 1.82) is 0 Å². The van der Waals surface area contributed by atoms with E-state index in [2.05, 4.69) is 0 Å². The molecule has 0 aromatic carbocycles. The molecule has 0 spiro atoms. The molecular formula is C8H12O2. The van der Waals surface area contributed by atoms with Crippen molar-refractivity contribution in [3.8, 4) is 0 Å². The SMILES string of the molecule is CCOC(=O)C1C=CCC1. The van der Waals surface area contributed by atoms with Gasteiger partial charge < -0.3 is 4.74 Å². The molecule has 0 aromatic heterocycles. The topological polar surface area (TPSA) is 26.3 Å². The van der Waals surface area contributed by atoms with Crippen molar-refractivity contribution in [3.63, 3.8) is 0 Å². The van der Waals surface area contributed by atoms with Gasteiger partial charge in [0.1, 0.15) is 0 Å². The summed E-state index contributed by atoms with van der Waals surface area (Å²) in [5, 5.41) is 0. The molecule has 0 saturated heterocycles. The zero-order valence-corrected chi connectivity index (χ0v) is 6.17.